The minimum Gasteiger partial charge on any atom is -0.491 e. The van der Waals surface area contributed by atoms with Crippen LogP contribution < -0.4 is 15.5 Å². The van der Waals surface area contributed by atoms with Gasteiger partial charge in [-0.25, -0.2) is 4.98 Å². The summed E-state index contributed by atoms with van der Waals surface area (Å²) in [5, 5.41) is 2.89. The number of carbonyl (C=O) groups excluding carboxylic acids is 1. The van der Waals surface area contributed by atoms with Crippen molar-refractivity contribution in [2.75, 3.05) is 12.4 Å². The van der Waals surface area contributed by atoms with Crippen molar-refractivity contribution in [3.05, 3.63) is 52.2 Å². The molecule has 0 radical (unpaired) electrons. The number of carbonyl (C=O) groups is 1. The van der Waals surface area contributed by atoms with Gasteiger partial charge in [0.25, 0.3) is 0 Å². The van der Waals surface area contributed by atoms with E-state index in [9.17, 15) is 9.59 Å². The molecule has 0 aliphatic rings. The first kappa shape index (κ1) is 18.7. The number of aromatic nitrogens is 3. The second-order valence-corrected chi connectivity index (χ2v) is 6.91. The summed E-state index contributed by atoms with van der Waals surface area (Å²) in [7, 11) is 3.43. The van der Waals surface area contributed by atoms with E-state index in [1.54, 1.807) is 17.7 Å². The van der Waals surface area contributed by atoms with Gasteiger partial charge >= 0.3 is 0 Å². The number of rotatable bonds is 5. The molecule has 0 spiro atoms. The molecule has 0 unspecified atom stereocenters. The molecule has 0 aliphatic carbocycles. The van der Waals surface area contributed by atoms with Crippen LogP contribution >= 0.6 is 0 Å². The van der Waals surface area contributed by atoms with Crippen LogP contribution in [0.3, 0.4) is 0 Å². The highest BCUT2D eigenvalue weighted by Gasteiger charge is 2.13. The van der Waals surface area contributed by atoms with E-state index in [1.807, 2.05) is 25.2 Å². The number of hydrogen-bond acceptors (Lipinski definition) is 4. The quantitative estimate of drug-likeness (QED) is 0.751. The number of ether oxygens (including phenoxy) is 1. The SMILES string of the molecule is COc1cn(CC(=O)Nc2ccc3c(c2)nc(C(C)C)n3C)c(C)cc1=O. The zero-order valence-corrected chi connectivity index (χ0v) is 16.2. The number of imidazole rings is 1. The number of methoxy groups -OCH3 is 1. The van der Waals surface area contributed by atoms with Gasteiger partial charge in [0.15, 0.2) is 5.75 Å². The van der Waals surface area contributed by atoms with Crippen LogP contribution in [0.4, 0.5) is 5.69 Å². The lowest BCUT2D eigenvalue weighted by Crippen LogP contribution is -2.21. The monoisotopic (exact) mass is 368 g/mol. The molecule has 142 valence electrons. The first-order valence-electron chi connectivity index (χ1n) is 8.81. The van der Waals surface area contributed by atoms with Gasteiger partial charge in [0, 0.05) is 30.4 Å². The molecular formula is C20H24N4O3. The van der Waals surface area contributed by atoms with Crippen molar-refractivity contribution in [1.29, 1.82) is 0 Å². The minimum atomic E-state index is -0.201. The summed E-state index contributed by atoms with van der Waals surface area (Å²) in [5.74, 6) is 1.34. The highest BCUT2D eigenvalue weighted by molar-refractivity contribution is 5.93. The number of benzene rings is 1. The fourth-order valence-corrected chi connectivity index (χ4v) is 3.14. The molecule has 0 bridgehead atoms. The molecule has 27 heavy (non-hydrogen) atoms. The van der Waals surface area contributed by atoms with Crippen molar-refractivity contribution < 1.29 is 9.53 Å². The maximum absolute atomic E-state index is 12.5. The summed E-state index contributed by atoms with van der Waals surface area (Å²) in [6.45, 7) is 6.07. The zero-order valence-electron chi connectivity index (χ0n) is 16.2. The molecule has 2 heterocycles. The molecule has 7 heteroatoms. The van der Waals surface area contributed by atoms with Gasteiger partial charge in [-0.1, -0.05) is 13.8 Å². The highest BCUT2D eigenvalue weighted by Crippen LogP contribution is 2.23. The molecule has 0 saturated heterocycles. The number of amides is 1. The van der Waals surface area contributed by atoms with E-state index in [-0.39, 0.29) is 23.6 Å². The van der Waals surface area contributed by atoms with E-state index in [4.69, 9.17) is 4.74 Å². The fourth-order valence-electron chi connectivity index (χ4n) is 3.14. The molecule has 0 fully saturated rings. The number of pyridine rings is 1. The number of hydrogen-bond donors (Lipinski definition) is 1. The molecule has 0 atom stereocenters. The highest BCUT2D eigenvalue weighted by atomic mass is 16.5. The van der Waals surface area contributed by atoms with E-state index in [1.165, 1.54) is 13.2 Å². The van der Waals surface area contributed by atoms with E-state index in [0.717, 1.165) is 16.9 Å². The Labute approximate surface area is 157 Å². The number of nitrogens with zero attached hydrogens (tertiary/aromatic N) is 3. The van der Waals surface area contributed by atoms with Crippen molar-refractivity contribution >= 4 is 22.6 Å². The standard InChI is InChI=1S/C20H24N4O3/c1-12(2)20-22-15-9-14(6-7-16(15)23(20)4)21-19(26)11-24-10-18(27-5)17(25)8-13(24)3/h6-10,12H,11H2,1-5H3,(H,21,26). The second kappa shape index (κ2) is 7.26. The van der Waals surface area contributed by atoms with Gasteiger partial charge in [-0.3, -0.25) is 9.59 Å². The van der Waals surface area contributed by atoms with Crippen LogP contribution in [0.25, 0.3) is 11.0 Å². The maximum Gasteiger partial charge on any atom is 0.244 e. The number of nitrogens with one attached hydrogen (secondary N) is 1. The zero-order chi connectivity index (χ0) is 19.7. The molecule has 3 rings (SSSR count). The largest absolute Gasteiger partial charge is 0.491 e. The van der Waals surface area contributed by atoms with E-state index in [0.29, 0.717) is 17.3 Å². The lowest BCUT2D eigenvalue weighted by atomic mass is 10.2. The maximum atomic E-state index is 12.5. The Bertz CT molecular complexity index is 1060. The van der Waals surface area contributed by atoms with Crippen LogP contribution in [0.2, 0.25) is 0 Å². The average molecular weight is 368 g/mol. The Morgan fingerprint density at radius 2 is 2.04 bits per heavy atom. The van der Waals surface area contributed by atoms with Crippen LogP contribution in [0.1, 0.15) is 31.3 Å². The second-order valence-electron chi connectivity index (χ2n) is 6.91. The van der Waals surface area contributed by atoms with Gasteiger partial charge < -0.3 is 19.2 Å². The molecule has 1 amide bonds. The van der Waals surface area contributed by atoms with Crippen molar-refractivity contribution in [3.63, 3.8) is 0 Å². The third-order valence-corrected chi connectivity index (χ3v) is 4.56. The Kier molecular flexibility index (Phi) is 5.03. The molecular weight excluding hydrogens is 344 g/mol. The van der Waals surface area contributed by atoms with Crippen molar-refractivity contribution in [2.24, 2.45) is 7.05 Å². The Morgan fingerprint density at radius 1 is 1.30 bits per heavy atom. The summed E-state index contributed by atoms with van der Waals surface area (Å²) in [5.41, 5.74) is 3.05. The molecule has 2 aromatic heterocycles. The molecule has 7 nitrogen and oxygen atoms in total. The molecule has 3 aromatic rings. The predicted molar refractivity (Wildman–Crippen MR) is 105 cm³/mol. The lowest BCUT2D eigenvalue weighted by Gasteiger charge is -2.12. The summed E-state index contributed by atoms with van der Waals surface area (Å²) >= 11 is 0. The van der Waals surface area contributed by atoms with Crippen LogP contribution in [-0.4, -0.2) is 27.1 Å². The first-order valence-corrected chi connectivity index (χ1v) is 8.81. The third-order valence-electron chi connectivity index (χ3n) is 4.56. The van der Waals surface area contributed by atoms with Crippen molar-refractivity contribution in [2.45, 2.75) is 33.2 Å². The Hall–Kier alpha value is -3.09. The minimum absolute atomic E-state index is 0.0833. The van der Waals surface area contributed by atoms with Gasteiger partial charge in [-0.05, 0) is 25.1 Å². The Morgan fingerprint density at radius 3 is 2.70 bits per heavy atom. The molecule has 0 saturated carbocycles. The molecule has 1 aromatic carbocycles. The number of aryl methyl sites for hydroxylation is 2. The normalized spacial score (nSPS) is 11.2. The topological polar surface area (TPSA) is 78.2 Å². The van der Waals surface area contributed by atoms with Crippen LogP contribution in [0, 0.1) is 6.92 Å². The summed E-state index contributed by atoms with van der Waals surface area (Å²) in [4.78, 5) is 28.9. The van der Waals surface area contributed by atoms with Crippen molar-refractivity contribution in [1.82, 2.24) is 14.1 Å². The summed E-state index contributed by atoms with van der Waals surface area (Å²) < 4.78 is 8.80. The summed E-state index contributed by atoms with van der Waals surface area (Å²) in [6.07, 6.45) is 1.55. The van der Waals surface area contributed by atoms with Crippen molar-refractivity contribution in [3.8, 4) is 5.75 Å². The smallest absolute Gasteiger partial charge is 0.244 e. The van der Waals surface area contributed by atoms with Crippen LogP contribution in [0.5, 0.6) is 5.75 Å². The molecule has 0 aliphatic heterocycles. The average Bonchev–Trinajstić information content (AvgIpc) is 2.94. The Balaban J connectivity index is 1.81. The van der Waals surface area contributed by atoms with Gasteiger partial charge in [-0.2, -0.15) is 0 Å². The predicted octanol–water partition coefficient (Wildman–Crippen LogP) is 2.81. The van der Waals surface area contributed by atoms with Crippen LogP contribution in [-0.2, 0) is 18.4 Å². The molecule has 1 N–H and O–H groups in total. The van der Waals surface area contributed by atoms with Gasteiger partial charge in [0.05, 0.1) is 24.3 Å². The van der Waals surface area contributed by atoms with E-state index >= 15 is 0 Å². The van der Waals surface area contributed by atoms with E-state index in [2.05, 4.69) is 28.7 Å². The lowest BCUT2D eigenvalue weighted by molar-refractivity contribution is -0.116. The third kappa shape index (κ3) is 3.72. The van der Waals surface area contributed by atoms with E-state index < -0.39 is 0 Å². The fraction of sp³-hybridized carbons (Fsp3) is 0.350. The number of anilines is 1. The van der Waals surface area contributed by atoms with Gasteiger partial charge in [0.2, 0.25) is 11.3 Å². The van der Waals surface area contributed by atoms with Crippen LogP contribution in [0.15, 0.2) is 35.3 Å². The first-order chi connectivity index (χ1) is 12.8. The number of fused-ring (bicyclic) bond motifs is 1. The summed E-state index contributed by atoms with van der Waals surface area (Å²) in [6, 6.07) is 7.15. The van der Waals surface area contributed by atoms with Gasteiger partial charge in [0.1, 0.15) is 12.4 Å². The van der Waals surface area contributed by atoms with Gasteiger partial charge in [-0.15, -0.1) is 0 Å².